The molecule has 1 amide bonds. The van der Waals surface area contributed by atoms with Crippen LogP contribution in [0, 0.1) is 0 Å². The maximum absolute atomic E-state index is 12.7. The van der Waals surface area contributed by atoms with E-state index < -0.39 is 0 Å². The minimum Gasteiger partial charge on any atom is -0.497 e. The van der Waals surface area contributed by atoms with Gasteiger partial charge in [0.2, 0.25) is 5.91 Å². The van der Waals surface area contributed by atoms with E-state index in [1.54, 1.807) is 19.1 Å². The van der Waals surface area contributed by atoms with Gasteiger partial charge in [0, 0.05) is 18.9 Å². The van der Waals surface area contributed by atoms with Crippen LogP contribution in [0.4, 0.5) is 0 Å². The molecule has 0 fully saturated rings. The minimum absolute atomic E-state index is 0.0489. The Bertz CT molecular complexity index is 898. The number of ether oxygens (including phenoxy) is 2. The average Bonchev–Trinajstić information content (AvgIpc) is 3.14. The van der Waals surface area contributed by atoms with E-state index in [2.05, 4.69) is 0 Å². The fourth-order valence-electron chi connectivity index (χ4n) is 3.11. The van der Waals surface area contributed by atoms with Gasteiger partial charge in [0.1, 0.15) is 22.8 Å². The Morgan fingerprint density at radius 2 is 1.89 bits per heavy atom. The van der Waals surface area contributed by atoms with Crippen LogP contribution in [0.5, 0.6) is 11.5 Å². The van der Waals surface area contributed by atoms with Gasteiger partial charge in [-0.05, 0) is 49.2 Å². The topological polar surface area (TPSA) is 51.9 Å². The lowest BCUT2D eigenvalue weighted by Crippen LogP contribution is -2.29. The van der Waals surface area contributed by atoms with Crippen LogP contribution in [-0.4, -0.2) is 32.1 Å². The highest BCUT2D eigenvalue weighted by Gasteiger charge is 2.21. The van der Waals surface area contributed by atoms with Gasteiger partial charge in [-0.2, -0.15) is 0 Å². The third-order valence-corrected chi connectivity index (χ3v) is 4.93. The van der Waals surface area contributed by atoms with Crippen molar-refractivity contribution in [3.05, 3.63) is 59.9 Å². The lowest BCUT2D eigenvalue weighted by atomic mass is 10.1. The molecule has 1 atom stereocenters. The summed E-state index contributed by atoms with van der Waals surface area (Å²) in [6.07, 6.45) is 0.959. The molecular weight excluding hydrogens is 342 g/mol. The van der Waals surface area contributed by atoms with Gasteiger partial charge in [0.25, 0.3) is 0 Å². The second kappa shape index (κ2) is 8.16. The van der Waals surface area contributed by atoms with Gasteiger partial charge in [-0.1, -0.05) is 18.2 Å². The third kappa shape index (κ3) is 4.08. The Morgan fingerprint density at radius 1 is 1.11 bits per heavy atom. The molecule has 3 rings (SSSR count). The van der Waals surface area contributed by atoms with Crippen LogP contribution in [0.25, 0.3) is 11.0 Å². The molecule has 0 saturated heterocycles. The molecule has 5 nitrogen and oxygen atoms in total. The van der Waals surface area contributed by atoms with E-state index >= 15 is 0 Å². The highest BCUT2D eigenvalue weighted by Crippen LogP contribution is 2.28. The first-order valence-corrected chi connectivity index (χ1v) is 8.98. The van der Waals surface area contributed by atoms with Gasteiger partial charge in [0.05, 0.1) is 20.3 Å². The zero-order chi connectivity index (χ0) is 19.4. The summed E-state index contributed by atoms with van der Waals surface area (Å²) in [4.78, 5) is 14.4. The Hall–Kier alpha value is -2.95. The zero-order valence-electron chi connectivity index (χ0n) is 16.2. The number of benzene rings is 2. The summed E-state index contributed by atoms with van der Waals surface area (Å²) in [6, 6.07) is 15.3. The maximum Gasteiger partial charge on any atom is 0.223 e. The molecule has 0 aliphatic heterocycles. The zero-order valence-corrected chi connectivity index (χ0v) is 16.2. The Balaban J connectivity index is 1.68. The van der Waals surface area contributed by atoms with Crippen molar-refractivity contribution in [3.63, 3.8) is 0 Å². The highest BCUT2D eigenvalue weighted by molar-refractivity contribution is 5.79. The normalized spacial score (nSPS) is 12.0. The van der Waals surface area contributed by atoms with Gasteiger partial charge >= 0.3 is 0 Å². The summed E-state index contributed by atoms with van der Waals surface area (Å²) in [5, 5.41) is 1.04. The molecule has 0 bridgehead atoms. The molecule has 5 heteroatoms. The molecule has 0 radical (unpaired) electrons. The number of carbonyl (C=O) groups is 1. The van der Waals surface area contributed by atoms with E-state index in [0.717, 1.165) is 33.8 Å². The molecule has 1 heterocycles. The van der Waals surface area contributed by atoms with Gasteiger partial charge in [0.15, 0.2) is 0 Å². The Labute approximate surface area is 159 Å². The number of rotatable bonds is 7. The number of hydrogen-bond acceptors (Lipinski definition) is 4. The van der Waals surface area contributed by atoms with Crippen LogP contribution in [0.1, 0.15) is 30.7 Å². The number of carbonyl (C=O) groups excluding carboxylic acids is 1. The van der Waals surface area contributed by atoms with Crippen molar-refractivity contribution in [2.45, 2.75) is 25.8 Å². The number of methoxy groups -OCH3 is 2. The number of amides is 1. The third-order valence-electron chi connectivity index (χ3n) is 4.93. The molecule has 1 aromatic heterocycles. The standard InChI is InChI=1S/C22H25NO4/c1-15(21-14-16-7-5-6-8-20(16)27-21)23(2)22(24)12-9-17-13-18(25-3)10-11-19(17)26-4/h5-8,10-11,13-15H,9,12H2,1-4H3. The molecule has 1 unspecified atom stereocenters. The van der Waals surface area contributed by atoms with Crippen LogP contribution in [0.15, 0.2) is 52.9 Å². The molecule has 142 valence electrons. The molecule has 0 aliphatic carbocycles. The molecule has 27 heavy (non-hydrogen) atoms. The number of furan rings is 1. The lowest BCUT2D eigenvalue weighted by Gasteiger charge is -2.23. The smallest absolute Gasteiger partial charge is 0.223 e. The highest BCUT2D eigenvalue weighted by atomic mass is 16.5. The van der Waals surface area contributed by atoms with Crippen LogP contribution in [0.3, 0.4) is 0 Å². The van der Waals surface area contributed by atoms with Crippen molar-refractivity contribution >= 4 is 16.9 Å². The maximum atomic E-state index is 12.7. The van der Waals surface area contributed by atoms with Crippen molar-refractivity contribution in [2.75, 3.05) is 21.3 Å². The van der Waals surface area contributed by atoms with Gasteiger partial charge in [-0.15, -0.1) is 0 Å². The quantitative estimate of drug-likeness (QED) is 0.612. The summed E-state index contributed by atoms with van der Waals surface area (Å²) in [5.74, 6) is 2.35. The number of aryl methyl sites for hydroxylation is 1. The van der Waals surface area contributed by atoms with E-state index in [4.69, 9.17) is 13.9 Å². The van der Waals surface area contributed by atoms with E-state index in [-0.39, 0.29) is 11.9 Å². The first-order chi connectivity index (χ1) is 13.0. The predicted octanol–water partition coefficient (Wildman–Crippen LogP) is 4.60. The van der Waals surface area contributed by atoms with Crippen molar-refractivity contribution in [3.8, 4) is 11.5 Å². The van der Waals surface area contributed by atoms with Crippen LogP contribution in [-0.2, 0) is 11.2 Å². The van der Waals surface area contributed by atoms with Crippen LogP contribution in [0.2, 0.25) is 0 Å². The molecular formula is C22H25NO4. The van der Waals surface area contributed by atoms with Crippen LogP contribution >= 0.6 is 0 Å². The summed E-state index contributed by atoms with van der Waals surface area (Å²) in [7, 11) is 5.06. The number of hydrogen-bond donors (Lipinski definition) is 0. The molecule has 0 saturated carbocycles. The molecule has 0 N–H and O–H groups in total. The summed E-state index contributed by atoms with van der Waals surface area (Å²) in [5.41, 5.74) is 1.79. The monoisotopic (exact) mass is 367 g/mol. The Morgan fingerprint density at radius 3 is 2.59 bits per heavy atom. The van der Waals surface area contributed by atoms with Crippen molar-refractivity contribution in [1.82, 2.24) is 4.90 Å². The van der Waals surface area contributed by atoms with Gasteiger partial charge < -0.3 is 18.8 Å². The molecule has 2 aromatic carbocycles. The summed E-state index contributed by atoms with van der Waals surface area (Å²) in [6.45, 7) is 1.97. The second-order valence-electron chi connectivity index (χ2n) is 6.54. The van der Waals surface area contributed by atoms with E-state index in [1.807, 2.05) is 62.5 Å². The largest absolute Gasteiger partial charge is 0.497 e. The average molecular weight is 367 g/mol. The molecule has 0 aliphatic rings. The SMILES string of the molecule is COc1ccc(OC)c(CCC(=O)N(C)C(C)c2cc3ccccc3o2)c1. The molecule has 0 spiro atoms. The van der Waals surface area contributed by atoms with Crippen molar-refractivity contribution in [2.24, 2.45) is 0 Å². The molecule has 3 aromatic rings. The second-order valence-corrected chi connectivity index (χ2v) is 6.54. The fourth-order valence-corrected chi connectivity index (χ4v) is 3.11. The number of para-hydroxylation sites is 1. The van der Waals surface area contributed by atoms with E-state index in [0.29, 0.717) is 12.8 Å². The van der Waals surface area contributed by atoms with Crippen molar-refractivity contribution < 1.29 is 18.7 Å². The summed E-state index contributed by atoms with van der Waals surface area (Å²) >= 11 is 0. The van der Waals surface area contributed by atoms with E-state index in [1.165, 1.54) is 0 Å². The lowest BCUT2D eigenvalue weighted by molar-refractivity contribution is -0.132. The number of fused-ring (bicyclic) bond motifs is 1. The fraction of sp³-hybridized carbons (Fsp3) is 0.318. The first-order valence-electron chi connectivity index (χ1n) is 8.98. The predicted molar refractivity (Wildman–Crippen MR) is 105 cm³/mol. The van der Waals surface area contributed by atoms with Crippen LogP contribution < -0.4 is 9.47 Å². The van der Waals surface area contributed by atoms with Crippen molar-refractivity contribution in [1.29, 1.82) is 0 Å². The van der Waals surface area contributed by atoms with Gasteiger partial charge in [-0.3, -0.25) is 4.79 Å². The summed E-state index contributed by atoms with van der Waals surface area (Å²) < 4.78 is 16.6. The first kappa shape index (κ1) is 18.8. The Kier molecular flexibility index (Phi) is 5.69. The van der Waals surface area contributed by atoms with E-state index in [9.17, 15) is 4.79 Å². The minimum atomic E-state index is -0.142. The number of nitrogens with zero attached hydrogens (tertiary/aromatic N) is 1. The van der Waals surface area contributed by atoms with Gasteiger partial charge in [-0.25, -0.2) is 0 Å².